The van der Waals surface area contributed by atoms with Gasteiger partial charge in [0.1, 0.15) is 4.90 Å². The van der Waals surface area contributed by atoms with Gasteiger partial charge in [-0.15, -0.1) is 0 Å². The number of sulfonamides is 1. The molecular formula is C11H15BrN2O5S. The highest BCUT2D eigenvalue weighted by atomic mass is 79.9. The second-order valence-electron chi connectivity index (χ2n) is 4.67. The number of carbonyl (C=O) groups is 1. The van der Waals surface area contributed by atoms with Crippen LogP contribution in [0.25, 0.3) is 0 Å². The third-order valence-electron chi connectivity index (χ3n) is 3.01. The molecule has 0 radical (unpaired) electrons. The van der Waals surface area contributed by atoms with Crippen molar-refractivity contribution in [2.75, 3.05) is 6.61 Å². The van der Waals surface area contributed by atoms with E-state index in [1.165, 1.54) is 0 Å². The molecule has 1 aromatic rings. The molecule has 1 saturated heterocycles. The lowest BCUT2D eigenvalue weighted by Gasteiger charge is -2.27. The fraction of sp³-hybridized carbons (Fsp3) is 0.545. The van der Waals surface area contributed by atoms with Gasteiger partial charge in [0.05, 0.1) is 6.10 Å². The summed E-state index contributed by atoms with van der Waals surface area (Å²) in [7, 11) is -3.93. The average molecular weight is 367 g/mol. The molecule has 2 atom stereocenters. The van der Waals surface area contributed by atoms with E-state index in [9.17, 15) is 13.2 Å². The zero-order chi connectivity index (χ0) is 14.9. The Balaban J connectivity index is 2.10. The molecular weight excluding hydrogens is 352 g/mol. The molecule has 2 rings (SSSR count). The molecule has 2 heterocycles. The van der Waals surface area contributed by atoms with E-state index < -0.39 is 15.9 Å². The second-order valence-corrected chi connectivity index (χ2v) is 6.92. The number of nitrogens with two attached hydrogens (primary N) is 1. The molecule has 112 valence electrons. The molecule has 0 bridgehead atoms. The van der Waals surface area contributed by atoms with Gasteiger partial charge in [0, 0.05) is 18.7 Å². The van der Waals surface area contributed by atoms with Crippen LogP contribution >= 0.6 is 15.9 Å². The van der Waals surface area contributed by atoms with Crippen molar-refractivity contribution in [2.24, 2.45) is 5.14 Å². The Labute approximate surface area is 125 Å². The van der Waals surface area contributed by atoms with E-state index in [0.717, 1.165) is 6.07 Å². The Morgan fingerprint density at radius 1 is 1.55 bits per heavy atom. The highest BCUT2D eigenvalue weighted by Gasteiger charge is 2.25. The third kappa shape index (κ3) is 3.60. The van der Waals surface area contributed by atoms with Crippen LogP contribution in [-0.4, -0.2) is 33.1 Å². The van der Waals surface area contributed by atoms with E-state index in [0.29, 0.717) is 19.4 Å². The van der Waals surface area contributed by atoms with E-state index in [1.807, 2.05) is 6.92 Å². The molecule has 0 saturated carbocycles. The Morgan fingerprint density at radius 3 is 2.80 bits per heavy atom. The highest BCUT2D eigenvalue weighted by Crippen LogP contribution is 2.25. The number of amides is 1. The van der Waals surface area contributed by atoms with Gasteiger partial charge >= 0.3 is 0 Å². The lowest BCUT2D eigenvalue weighted by Crippen LogP contribution is -2.41. The summed E-state index contributed by atoms with van der Waals surface area (Å²) in [6.07, 6.45) is 1.49. The van der Waals surface area contributed by atoms with E-state index >= 15 is 0 Å². The van der Waals surface area contributed by atoms with Gasteiger partial charge in [-0.1, -0.05) is 0 Å². The van der Waals surface area contributed by atoms with Gasteiger partial charge in [-0.05, 0) is 35.7 Å². The summed E-state index contributed by atoms with van der Waals surface area (Å²) in [5.74, 6) is -0.570. The minimum Gasteiger partial charge on any atom is -0.443 e. The molecule has 1 aliphatic rings. The van der Waals surface area contributed by atoms with Crippen molar-refractivity contribution in [3.05, 3.63) is 16.5 Å². The molecule has 1 aromatic heterocycles. The van der Waals surface area contributed by atoms with Gasteiger partial charge in [-0.3, -0.25) is 4.79 Å². The van der Waals surface area contributed by atoms with Crippen molar-refractivity contribution in [1.82, 2.24) is 5.32 Å². The molecule has 1 fully saturated rings. The molecule has 7 nitrogen and oxygen atoms in total. The Hall–Kier alpha value is -0.900. The number of halogens is 1. The van der Waals surface area contributed by atoms with E-state index in [-0.39, 0.29) is 27.5 Å². The third-order valence-corrected chi connectivity index (χ3v) is 4.77. The lowest BCUT2D eigenvalue weighted by atomic mass is 10.0. The SMILES string of the molecule is CC1CC(NC(=O)c2cc(S(N)(=O)=O)c(Br)o2)CCO1. The summed E-state index contributed by atoms with van der Waals surface area (Å²) in [4.78, 5) is 11.8. The van der Waals surface area contributed by atoms with Crippen LogP contribution in [-0.2, 0) is 14.8 Å². The van der Waals surface area contributed by atoms with E-state index in [1.54, 1.807) is 0 Å². The summed E-state index contributed by atoms with van der Waals surface area (Å²) in [6, 6.07) is 1.09. The first-order valence-corrected chi connectivity index (χ1v) is 8.36. The first-order valence-electron chi connectivity index (χ1n) is 6.02. The van der Waals surface area contributed by atoms with Gasteiger partial charge in [-0.25, -0.2) is 13.6 Å². The van der Waals surface area contributed by atoms with Gasteiger partial charge in [0.2, 0.25) is 10.0 Å². The molecule has 0 spiro atoms. The number of ether oxygens (including phenoxy) is 1. The van der Waals surface area contributed by atoms with Crippen LogP contribution in [0.15, 0.2) is 20.0 Å². The van der Waals surface area contributed by atoms with Crippen molar-refractivity contribution < 1.29 is 22.4 Å². The average Bonchev–Trinajstić information content (AvgIpc) is 2.71. The molecule has 20 heavy (non-hydrogen) atoms. The highest BCUT2D eigenvalue weighted by molar-refractivity contribution is 9.10. The second kappa shape index (κ2) is 5.84. The molecule has 0 aromatic carbocycles. The summed E-state index contributed by atoms with van der Waals surface area (Å²) < 4.78 is 32.9. The van der Waals surface area contributed by atoms with Crippen molar-refractivity contribution in [2.45, 2.75) is 36.8 Å². The maximum absolute atomic E-state index is 12.0. The maximum atomic E-state index is 12.0. The normalized spacial score (nSPS) is 23.6. The molecule has 1 aliphatic heterocycles. The minimum atomic E-state index is -3.93. The number of hydrogen-bond donors (Lipinski definition) is 2. The maximum Gasteiger partial charge on any atom is 0.287 e. The Kier molecular flexibility index (Phi) is 4.52. The van der Waals surface area contributed by atoms with Gasteiger partial charge in [-0.2, -0.15) is 0 Å². The van der Waals surface area contributed by atoms with Crippen LogP contribution in [0.4, 0.5) is 0 Å². The van der Waals surface area contributed by atoms with Crippen LogP contribution < -0.4 is 10.5 Å². The monoisotopic (exact) mass is 366 g/mol. The molecule has 2 unspecified atom stereocenters. The van der Waals surface area contributed by atoms with Gasteiger partial charge in [0.25, 0.3) is 5.91 Å². The van der Waals surface area contributed by atoms with Crippen molar-refractivity contribution >= 4 is 31.9 Å². The first kappa shape index (κ1) is 15.5. The molecule has 9 heteroatoms. The summed E-state index contributed by atoms with van der Waals surface area (Å²) >= 11 is 2.93. The van der Waals surface area contributed by atoms with Crippen LogP contribution in [0.5, 0.6) is 0 Å². The number of furan rings is 1. The lowest BCUT2D eigenvalue weighted by molar-refractivity contribution is 0.0134. The summed E-state index contributed by atoms with van der Waals surface area (Å²) in [5, 5.41) is 7.80. The van der Waals surface area contributed by atoms with E-state index in [2.05, 4.69) is 21.2 Å². The largest absolute Gasteiger partial charge is 0.443 e. The predicted molar refractivity (Wildman–Crippen MR) is 73.7 cm³/mol. The first-order chi connectivity index (χ1) is 9.27. The van der Waals surface area contributed by atoms with Crippen LogP contribution in [0.2, 0.25) is 0 Å². The van der Waals surface area contributed by atoms with Crippen LogP contribution in [0, 0.1) is 0 Å². The topological polar surface area (TPSA) is 112 Å². The number of nitrogens with one attached hydrogen (secondary N) is 1. The quantitative estimate of drug-likeness (QED) is 0.828. The molecule has 3 N–H and O–H groups in total. The minimum absolute atomic E-state index is 0.0203. The molecule has 1 amide bonds. The molecule has 0 aliphatic carbocycles. The number of hydrogen-bond acceptors (Lipinski definition) is 5. The number of rotatable bonds is 3. The van der Waals surface area contributed by atoms with E-state index in [4.69, 9.17) is 14.3 Å². The Morgan fingerprint density at radius 2 is 2.25 bits per heavy atom. The number of carbonyl (C=O) groups excluding carboxylic acids is 1. The fourth-order valence-corrected chi connectivity index (χ4v) is 3.55. The van der Waals surface area contributed by atoms with Crippen molar-refractivity contribution in [3.63, 3.8) is 0 Å². The van der Waals surface area contributed by atoms with Gasteiger partial charge < -0.3 is 14.5 Å². The van der Waals surface area contributed by atoms with Gasteiger partial charge in [0.15, 0.2) is 10.4 Å². The summed E-state index contributed by atoms with van der Waals surface area (Å²) in [5.41, 5.74) is 0. The summed E-state index contributed by atoms with van der Waals surface area (Å²) in [6.45, 7) is 2.51. The Bertz CT molecular complexity index is 612. The standard InChI is InChI=1S/C11H15BrN2O5S/c1-6-4-7(2-3-18-6)14-11(15)8-5-9(10(12)19-8)20(13,16)17/h5-7H,2-4H2,1H3,(H,14,15)(H2,13,16,17). The van der Waals surface area contributed by atoms with Crippen molar-refractivity contribution in [1.29, 1.82) is 0 Å². The zero-order valence-corrected chi connectivity index (χ0v) is 13.2. The number of primary sulfonamides is 1. The smallest absolute Gasteiger partial charge is 0.287 e. The van der Waals surface area contributed by atoms with Crippen molar-refractivity contribution in [3.8, 4) is 0 Å². The zero-order valence-electron chi connectivity index (χ0n) is 10.8. The van der Waals surface area contributed by atoms with Crippen LogP contribution in [0.3, 0.4) is 0 Å². The fourth-order valence-electron chi connectivity index (χ4n) is 2.04. The van der Waals surface area contributed by atoms with Crippen LogP contribution in [0.1, 0.15) is 30.3 Å². The predicted octanol–water partition coefficient (Wildman–Crippen LogP) is 0.987.